The Morgan fingerprint density at radius 2 is 2.27 bits per heavy atom. The summed E-state index contributed by atoms with van der Waals surface area (Å²) in [6.45, 7) is 4.27. The topological polar surface area (TPSA) is 29.1 Å². The first-order valence-corrected chi connectivity index (χ1v) is 7.14. The van der Waals surface area contributed by atoms with Crippen LogP contribution in [0.5, 0.6) is 0 Å². The lowest BCUT2D eigenvalue weighted by Crippen LogP contribution is -2.38. The summed E-state index contributed by atoms with van der Waals surface area (Å²) in [5.41, 5.74) is 0. The van der Waals surface area contributed by atoms with Crippen LogP contribution in [0.2, 0.25) is 0 Å². The van der Waals surface area contributed by atoms with Gasteiger partial charge in [0.25, 0.3) is 0 Å². The second kappa shape index (κ2) is 6.51. The van der Waals surface area contributed by atoms with Gasteiger partial charge in [-0.1, -0.05) is 42.6 Å². The Labute approximate surface area is 101 Å². The molecule has 1 aliphatic carbocycles. The molecule has 0 bridgehead atoms. The molecule has 88 valence electrons. The van der Waals surface area contributed by atoms with Gasteiger partial charge in [-0.2, -0.15) is 0 Å². The minimum absolute atomic E-state index is 0.238. The summed E-state index contributed by atoms with van der Waals surface area (Å²) in [5, 5.41) is 4.19. The number of hydrogen-bond donors (Lipinski definition) is 1. The van der Waals surface area contributed by atoms with Gasteiger partial charge >= 0.3 is 0 Å². The third kappa shape index (κ3) is 4.13. The van der Waals surface area contributed by atoms with Crippen molar-refractivity contribution in [2.75, 3.05) is 5.33 Å². The Bertz CT molecular complexity index is 208. The van der Waals surface area contributed by atoms with Crippen molar-refractivity contribution in [3.8, 4) is 0 Å². The first-order chi connectivity index (χ1) is 7.17. The van der Waals surface area contributed by atoms with E-state index in [1.807, 2.05) is 0 Å². The van der Waals surface area contributed by atoms with Crippen molar-refractivity contribution in [2.45, 2.75) is 52.0 Å². The lowest BCUT2D eigenvalue weighted by Gasteiger charge is -2.20. The van der Waals surface area contributed by atoms with E-state index in [1.54, 1.807) is 0 Å². The van der Waals surface area contributed by atoms with E-state index in [0.717, 1.165) is 18.2 Å². The van der Waals surface area contributed by atoms with Crippen molar-refractivity contribution in [3.63, 3.8) is 0 Å². The molecular weight excluding hydrogens is 254 g/mol. The van der Waals surface area contributed by atoms with Gasteiger partial charge in [0.2, 0.25) is 5.91 Å². The number of amides is 1. The van der Waals surface area contributed by atoms with Crippen LogP contribution in [0.25, 0.3) is 0 Å². The Morgan fingerprint density at radius 3 is 2.87 bits per heavy atom. The second-order valence-electron chi connectivity index (χ2n) is 4.74. The summed E-state index contributed by atoms with van der Waals surface area (Å²) in [4.78, 5) is 11.7. The third-order valence-electron chi connectivity index (χ3n) is 3.43. The zero-order valence-corrected chi connectivity index (χ0v) is 11.3. The van der Waals surface area contributed by atoms with Crippen LogP contribution in [-0.2, 0) is 4.79 Å². The van der Waals surface area contributed by atoms with Crippen molar-refractivity contribution < 1.29 is 4.79 Å². The van der Waals surface area contributed by atoms with E-state index >= 15 is 0 Å². The molecule has 1 amide bonds. The van der Waals surface area contributed by atoms with Crippen LogP contribution in [0.15, 0.2) is 0 Å². The van der Waals surface area contributed by atoms with Crippen molar-refractivity contribution >= 4 is 21.8 Å². The van der Waals surface area contributed by atoms with Crippen molar-refractivity contribution in [2.24, 2.45) is 11.8 Å². The summed E-state index contributed by atoms with van der Waals surface area (Å²) in [5.74, 6) is 1.39. The molecule has 0 heterocycles. The van der Waals surface area contributed by atoms with E-state index in [9.17, 15) is 4.79 Å². The highest BCUT2D eigenvalue weighted by atomic mass is 79.9. The van der Waals surface area contributed by atoms with Gasteiger partial charge in [0.1, 0.15) is 0 Å². The minimum Gasteiger partial charge on any atom is -0.353 e. The zero-order valence-electron chi connectivity index (χ0n) is 9.76. The average molecular weight is 276 g/mol. The highest BCUT2D eigenvalue weighted by Crippen LogP contribution is 2.27. The molecule has 2 nitrogen and oxygen atoms in total. The van der Waals surface area contributed by atoms with E-state index in [1.165, 1.54) is 12.8 Å². The van der Waals surface area contributed by atoms with Gasteiger partial charge in [0.15, 0.2) is 0 Å². The predicted molar refractivity (Wildman–Crippen MR) is 67.1 cm³/mol. The number of halogens is 1. The van der Waals surface area contributed by atoms with Gasteiger partial charge in [-0.05, 0) is 24.7 Å². The molecule has 15 heavy (non-hydrogen) atoms. The molecule has 1 aliphatic rings. The molecule has 0 aromatic heterocycles. The van der Waals surface area contributed by atoms with Crippen molar-refractivity contribution in [1.82, 2.24) is 5.32 Å². The van der Waals surface area contributed by atoms with Crippen LogP contribution in [0.1, 0.15) is 46.0 Å². The SMILES string of the molecule is CCC(C)CC(=O)NC1CCCC1CBr. The molecule has 0 radical (unpaired) electrons. The number of alkyl halides is 1. The third-order valence-corrected chi connectivity index (χ3v) is 4.27. The first-order valence-electron chi connectivity index (χ1n) is 6.02. The molecule has 3 heteroatoms. The maximum Gasteiger partial charge on any atom is 0.220 e. The maximum atomic E-state index is 11.7. The fourth-order valence-corrected chi connectivity index (χ4v) is 2.91. The summed E-state index contributed by atoms with van der Waals surface area (Å²) in [6, 6.07) is 0.418. The van der Waals surface area contributed by atoms with Gasteiger partial charge in [-0.3, -0.25) is 4.79 Å². The molecule has 3 atom stereocenters. The Hall–Kier alpha value is -0.0500. The highest BCUT2D eigenvalue weighted by Gasteiger charge is 2.27. The van der Waals surface area contributed by atoms with Crippen molar-refractivity contribution in [3.05, 3.63) is 0 Å². The molecule has 1 saturated carbocycles. The van der Waals surface area contributed by atoms with Crippen molar-refractivity contribution in [1.29, 1.82) is 0 Å². The van der Waals surface area contributed by atoms with E-state index in [-0.39, 0.29) is 5.91 Å². The van der Waals surface area contributed by atoms with Crippen LogP contribution in [0.3, 0.4) is 0 Å². The number of rotatable bonds is 5. The molecule has 0 saturated heterocycles. The summed E-state index contributed by atoms with van der Waals surface area (Å²) in [7, 11) is 0. The largest absolute Gasteiger partial charge is 0.353 e. The zero-order chi connectivity index (χ0) is 11.3. The van der Waals surface area contributed by atoms with Gasteiger partial charge in [-0.15, -0.1) is 0 Å². The fraction of sp³-hybridized carbons (Fsp3) is 0.917. The fourth-order valence-electron chi connectivity index (χ4n) is 2.14. The van der Waals surface area contributed by atoms with Crippen LogP contribution in [0, 0.1) is 11.8 Å². The lowest BCUT2D eigenvalue weighted by atomic mass is 10.0. The molecule has 1 N–H and O–H groups in total. The second-order valence-corrected chi connectivity index (χ2v) is 5.38. The molecule has 3 unspecified atom stereocenters. The van der Waals surface area contributed by atoms with Gasteiger partial charge in [-0.25, -0.2) is 0 Å². The Balaban J connectivity index is 2.30. The number of carbonyl (C=O) groups is 1. The molecule has 1 fully saturated rings. The number of hydrogen-bond acceptors (Lipinski definition) is 1. The summed E-state index contributed by atoms with van der Waals surface area (Å²) in [6.07, 6.45) is 5.43. The summed E-state index contributed by atoms with van der Waals surface area (Å²) < 4.78 is 0. The van der Waals surface area contributed by atoms with Crippen LogP contribution >= 0.6 is 15.9 Å². The summed E-state index contributed by atoms with van der Waals surface area (Å²) >= 11 is 3.52. The number of nitrogens with one attached hydrogen (secondary N) is 1. The van der Waals surface area contributed by atoms with E-state index < -0.39 is 0 Å². The van der Waals surface area contributed by atoms with Gasteiger partial charge in [0.05, 0.1) is 0 Å². The first kappa shape index (κ1) is 13.0. The monoisotopic (exact) mass is 275 g/mol. The molecule has 0 spiro atoms. The number of carbonyl (C=O) groups excluding carboxylic acids is 1. The van der Waals surface area contributed by atoms with E-state index in [2.05, 4.69) is 35.1 Å². The van der Waals surface area contributed by atoms with Crippen LogP contribution < -0.4 is 5.32 Å². The molecule has 0 aromatic carbocycles. The van der Waals surface area contributed by atoms with E-state index in [4.69, 9.17) is 0 Å². The molecule has 0 aliphatic heterocycles. The minimum atomic E-state index is 0.238. The average Bonchev–Trinajstić information content (AvgIpc) is 2.64. The predicted octanol–water partition coefficient (Wildman–Crippen LogP) is 3.10. The molecular formula is C12H22BrNO. The Kier molecular flexibility index (Phi) is 5.65. The van der Waals surface area contributed by atoms with E-state index in [0.29, 0.717) is 24.3 Å². The maximum absolute atomic E-state index is 11.7. The van der Waals surface area contributed by atoms with Gasteiger partial charge < -0.3 is 5.32 Å². The standard InChI is InChI=1S/C12H22BrNO/c1-3-9(2)7-12(15)14-11-6-4-5-10(11)8-13/h9-11H,3-8H2,1-2H3,(H,14,15). The quantitative estimate of drug-likeness (QED) is 0.768. The van der Waals surface area contributed by atoms with Crippen LogP contribution in [-0.4, -0.2) is 17.3 Å². The highest BCUT2D eigenvalue weighted by molar-refractivity contribution is 9.09. The molecule has 0 aromatic rings. The lowest BCUT2D eigenvalue weighted by molar-refractivity contribution is -0.122. The molecule has 1 rings (SSSR count). The van der Waals surface area contributed by atoms with Crippen LogP contribution in [0.4, 0.5) is 0 Å². The smallest absolute Gasteiger partial charge is 0.220 e. The normalized spacial score (nSPS) is 27.7. The van der Waals surface area contributed by atoms with Gasteiger partial charge in [0, 0.05) is 17.8 Å². The Morgan fingerprint density at radius 1 is 1.53 bits per heavy atom.